The number of pyridine rings is 1. The van der Waals surface area contributed by atoms with Crippen molar-refractivity contribution < 1.29 is 4.92 Å². The molecule has 0 aliphatic heterocycles. The number of halogens is 2. The minimum absolute atomic E-state index is 0.102. The number of aromatic nitrogens is 1. The highest BCUT2D eigenvalue weighted by molar-refractivity contribution is 6.38. The van der Waals surface area contributed by atoms with Gasteiger partial charge in [0.1, 0.15) is 10.7 Å². The fourth-order valence-corrected chi connectivity index (χ4v) is 2.59. The Balaban J connectivity index is 2.81. The zero-order valence-electron chi connectivity index (χ0n) is 11.4. The number of aryl methyl sites for hydroxylation is 1. The smallest absolute Gasteiger partial charge is 0.258 e. The van der Waals surface area contributed by atoms with Crippen LogP contribution in [0.1, 0.15) is 25.1 Å². The molecule has 0 spiro atoms. The lowest BCUT2D eigenvalue weighted by atomic mass is 10.0. The van der Waals surface area contributed by atoms with E-state index in [9.17, 15) is 10.1 Å². The lowest BCUT2D eigenvalue weighted by Crippen LogP contribution is -2.04. The van der Waals surface area contributed by atoms with Gasteiger partial charge in [0.15, 0.2) is 0 Å². The van der Waals surface area contributed by atoms with Gasteiger partial charge in [0, 0.05) is 10.4 Å². The number of hydrogen-bond donors (Lipinski definition) is 0. The molecular formula is C14H14Cl2N2O2. The van der Waals surface area contributed by atoms with E-state index in [1.807, 2.05) is 20.8 Å². The third-order valence-corrected chi connectivity index (χ3v) is 3.82. The Labute approximate surface area is 126 Å². The number of fused-ring (bicyclic) bond motifs is 1. The first-order valence-corrected chi connectivity index (χ1v) is 6.99. The normalized spacial score (nSPS) is 11.3. The molecule has 4 nitrogen and oxygen atoms in total. The van der Waals surface area contributed by atoms with E-state index in [1.165, 1.54) is 0 Å². The van der Waals surface area contributed by atoms with Crippen molar-refractivity contribution >= 4 is 39.8 Å². The van der Waals surface area contributed by atoms with Crippen LogP contribution >= 0.6 is 23.2 Å². The molecule has 0 amide bonds. The molecule has 20 heavy (non-hydrogen) atoms. The lowest BCUT2D eigenvalue weighted by Gasteiger charge is -2.10. The number of nitrogens with zero attached hydrogens (tertiary/aromatic N) is 2. The van der Waals surface area contributed by atoms with E-state index in [0.29, 0.717) is 28.0 Å². The van der Waals surface area contributed by atoms with Crippen molar-refractivity contribution in [2.45, 2.75) is 27.2 Å². The molecule has 0 bridgehead atoms. The van der Waals surface area contributed by atoms with E-state index in [-0.39, 0.29) is 16.6 Å². The molecule has 0 radical (unpaired) electrons. The van der Waals surface area contributed by atoms with Gasteiger partial charge in [0.2, 0.25) is 0 Å². The summed E-state index contributed by atoms with van der Waals surface area (Å²) in [6, 6.07) is 3.44. The predicted molar refractivity (Wildman–Crippen MR) is 81.7 cm³/mol. The molecule has 1 heterocycles. The summed E-state index contributed by atoms with van der Waals surface area (Å²) in [6.07, 6.45) is 0.497. The average Bonchev–Trinajstić information content (AvgIpc) is 2.31. The number of nitro groups is 1. The second kappa shape index (κ2) is 5.54. The van der Waals surface area contributed by atoms with Gasteiger partial charge >= 0.3 is 5.69 Å². The monoisotopic (exact) mass is 312 g/mol. The Morgan fingerprint density at radius 1 is 1.35 bits per heavy atom. The lowest BCUT2D eigenvalue weighted by molar-refractivity contribution is -0.385. The summed E-state index contributed by atoms with van der Waals surface area (Å²) in [6.45, 7) is 5.78. The van der Waals surface area contributed by atoms with Gasteiger partial charge < -0.3 is 0 Å². The fourth-order valence-electron chi connectivity index (χ4n) is 2.11. The molecule has 0 aliphatic rings. The Bertz CT molecular complexity index is 699. The summed E-state index contributed by atoms with van der Waals surface area (Å²) in [5.74, 6) is 0.246. The summed E-state index contributed by atoms with van der Waals surface area (Å²) in [5.41, 5.74) is 1.71. The van der Waals surface area contributed by atoms with E-state index in [0.717, 1.165) is 5.56 Å². The first-order valence-electron chi connectivity index (χ1n) is 6.24. The maximum absolute atomic E-state index is 11.3. The third-order valence-electron chi connectivity index (χ3n) is 3.03. The number of rotatable bonds is 3. The first kappa shape index (κ1) is 15.0. The molecule has 0 saturated heterocycles. The Morgan fingerprint density at radius 3 is 2.55 bits per heavy atom. The van der Waals surface area contributed by atoms with Crippen molar-refractivity contribution in [3.8, 4) is 0 Å². The molecule has 0 fully saturated rings. The molecule has 1 aromatic carbocycles. The van der Waals surface area contributed by atoms with Crippen molar-refractivity contribution in [2.24, 2.45) is 5.92 Å². The van der Waals surface area contributed by atoms with Crippen LogP contribution in [0, 0.1) is 23.0 Å². The SMILES string of the molecule is Cc1cc2c(Cl)c([N+](=O)[O-])c(CC(C)C)nc2cc1Cl. The highest BCUT2D eigenvalue weighted by Crippen LogP contribution is 2.37. The first-order chi connectivity index (χ1) is 9.31. The van der Waals surface area contributed by atoms with Crippen molar-refractivity contribution in [2.75, 3.05) is 0 Å². The second-order valence-electron chi connectivity index (χ2n) is 5.19. The summed E-state index contributed by atoms with van der Waals surface area (Å²) in [7, 11) is 0. The van der Waals surface area contributed by atoms with Gasteiger partial charge in [-0.25, -0.2) is 4.98 Å². The average molecular weight is 313 g/mol. The van der Waals surface area contributed by atoms with Crippen LogP contribution in [-0.4, -0.2) is 9.91 Å². The molecule has 0 atom stereocenters. The van der Waals surface area contributed by atoms with Crippen LogP contribution in [0.5, 0.6) is 0 Å². The van der Waals surface area contributed by atoms with Crippen LogP contribution in [0.3, 0.4) is 0 Å². The second-order valence-corrected chi connectivity index (χ2v) is 5.98. The highest BCUT2D eigenvalue weighted by Gasteiger charge is 2.24. The molecule has 106 valence electrons. The van der Waals surface area contributed by atoms with E-state index in [4.69, 9.17) is 23.2 Å². The van der Waals surface area contributed by atoms with E-state index >= 15 is 0 Å². The Morgan fingerprint density at radius 2 is 2.00 bits per heavy atom. The minimum atomic E-state index is -0.462. The number of benzene rings is 1. The van der Waals surface area contributed by atoms with Gasteiger partial charge in [-0.1, -0.05) is 37.0 Å². The van der Waals surface area contributed by atoms with Gasteiger partial charge in [0.05, 0.1) is 10.4 Å². The maximum atomic E-state index is 11.3. The third kappa shape index (κ3) is 2.72. The van der Waals surface area contributed by atoms with Crippen molar-refractivity contribution in [3.05, 3.63) is 43.5 Å². The van der Waals surface area contributed by atoms with Crippen LogP contribution in [0.15, 0.2) is 12.1 Å². The molecule has 0 unspecified atom stereocenters. The Kier molecular flexibility index (Phi) is 4.16. The van der Waals surface area contributed by atoms with Crippen LogP contribution < -0.4 is 0 Å². The van der Waals surface area contributed by atoms with Crippen molar-refractivity contribution in [1.82, 2.24) is 4.98 Å². The predicted octanol–water partition coefficient (Wildman–Crippen LogP) is 4.96. The van der Waals surface area contributed by atoms with Gasteiger partial charge in [-0.3, -0.25) is 10.1 Å². The fraction of sp³-hybridized carbons (Fsp3) is 0.357. The van der Waals surface area contributed by atoms with E-state index in [2.05, 4.69) is 4.98 Å². The highest BCUT2D eigenvalue weighted by atomic mass is 35.5. The zero-order chi connectivity index (χ0) is 15.0. The molecule has 6 heteroatoms. The molecule has 2 rings (SSSR count). The molecule has 0 aliphatic carbocycles. The zero-order valence-corrected chi connectivity index (χ0v) is 12.9. The summed E-state index contributed by atoms with van der Waals surface area (Å²) in [4.78, 5) is 15.2. The standard InChI is InChI=1S/C14H14Cl2N2O2/c1-7(2)4-12-14(18(19)20)13(16)9-5-8(3)10(15)6-11(9)17-12/h5-7H,4H2,1-3H3. The topological polar surface area (TPSA) is 56.0 Å². The van der Waals surface area contributed by atoms with E-state index in [1.54, 1.807) is 12.1 Å². The van der Waals surface area contributed by atoms with Crippen LogP contribution in [0.4, 0.5) is 5.69 Å². The molecule has 1 aromatic heterocycles. The molecule has 0 saturated carbocycles. The van der Waals surface area contributed by atoms with Crippen LogP contribution in [0.25, 0.3) is 10.9 Å². The molecule has 2 aromatic rings. The maximum Gasteiger partial charge on any atom is 0.309 e. The summed E-state index contributed by atoms with van der Waals surface area (Å²) < 4.78 is 0. The largest absolute Gasteiger partial charge is 0.309 e. The van der Waals surface area contributed by atoms with Gasteiger partial charge in [-0.05, 0) is 37.0 Å². The molecule has 0 N–H and O–H groups in total. The van der Waals surface area contributed by atoms with E-state index < -0.39 is 4.92 Å². The minimum Gasteiger partial charge on any atom is -0.258 e. The van der Waals surface area contributed by atoms with Gasteiger partial charge in [-0.15, -0.1) is 0 Å². The molecular weight excluding hydrogens is 299 g/mol. The van der Waals surface area contributed by atoms with Crippen LogP contribution in [0.2, 0.25) is 10.0 Å². The summed E-state index contributed by atoms with van der Waals surface area (Å²) >= 11 is 12.3. The number of hydrogen-bond acceptors (Lipinski definition) is 3. The summed E-state index contributed by atoms with van der Waals surface area (Å²) in [5, 5.41) is 12.5. The van der Waals surface area contributed by atoms with Crippen LogP contribution in [-0.2, 0) is 6.42 Å². The van der Waals surface area contributed by atoms with Gasteiger partial charge in [-0.2, -0.15) is 0 Å². The van der Waals surface area contributed by atoms with Crippen molar-refractivity contribution in [1.29, 1.82) is 0 Å². The Hall–Kier alpha value is -1.39. The van der Waals surface area contributed by atoms with Gasteiger partial charge in [0.25, 0.3) is 0 Å². The van der Waals surface area contributed by atoms with Crippen molar-refractivity contribution in [3.63, 3.8) is 0 Å². The quantitative estimate of drug-likeness (QED) is 0.594.